The second-order valence-corrected chi connectivity index (χ2v) is 9.52. The Morgan fingerprint density at radius 3 is 2.45 bits per heavy atom. The summed E-state index contributed by atoms with van der Waals surface area (Å²) in [6.45, 7) is 8.21. The Morgan fingerprint density at radius 2 is 1.87 bits per heavy atom. The quantitative estimate of drug-likeness (QED) is 0.256. The molecule has 1 atom stereocenters. The fraction of sp³-hybridized carbons (Fsp3) is 0.667. The van der Waals surface area contributed by atoms with Gasteiger partial charge in [-0.3, -0.25) is 0 Å². The zero-order chi connectivity index (χ0) is 22.0. The number of hydrogen-bond acceptors (Lipinski definition) is 5. The summed E-state index contributed by atoms with van der Waals surface area (Å²) in [7, 11) is -1.50. The van der Waals surface area contributed by atoms with E-state index in [1.54, 1.807) is 11.4 Å². The molecule has 2 rings (SSSR count). The van der Waals surface area contributed by atoms with E-state index < -0.39 is 10.0 Å². The van der Waals surface area contributed by atoms with E-state index in [1.165, 1.54) is 0 Å². The number of ether oxygens (including phenoxy) is 2. The molecule has 0 amide bonds. The van der Waals surface area contributed by atoms with Crippen molar-refractivity contribution in [1.82, 2.24) is 14.9 Å². The normalized spacial score (nSPS) is 16.8. The van der Waals surface area contributed by atoms with Gasteiger partial charge in [-0.15, -0.1) is 24.0 Å². The third kappa shape index (κ3) is 9.01. The van der Waals surface area contributed by atoms with Crippen LogP contribution >= 0.6 is 24.0 Å². The van der Waals surface area contributed by atoms with Crippen LogP contribution < -0.4 is 20.1 Å². The molecule has 31 heavy (non-hydrogen) atoms. The Hall–Kier alpha value is -1.27. The molecular formula is C21H37IN4O4S. The number of hydrogen-bond donors (Lipinski definition) is 2. The number of halogens is 1. The van der Waals surface area contributed by atoms with Crippen molar-refractivity contribution in [3.8, 4) is 11.5 Å². The molecule has 8 nitrogen and oxygen atoms in total. The average Bonchev–Trinajstić information content (AvgIpc) is 2.73. The standard InChI is InChI=1S/C21H36N4O4S.HI/c1-5-15-30(26,27)25-13-11-18(12-14-25)24-21(22-6-2)23-16-17(3)29-20-10-8-7-9-19(20)28-4;/h7-10,17-18H,5-6,11-16H2,1-4H3,(H2,22,23,24);1H. The van der Waals surface area contributed by atoms with Crippen LogP contribution in [-0.2, 0) is 10.0 Å². The largest absolute Gasteiger partial charge is 0.493 e. The molecular weight excluding hydrogens is 531 g/mol. The lowest BCUT2D eigenvalue weighted by Gasteiger charge is -2.32. The van der Waals surface area contributed by atoms with Gasteiger partial charge in [0.15, 0.2) is 17.5 Å². The van der Waals surface area contributed by atoms with E-state index in [9.17, 15) is 8.42 Å². The predicted octanol–water partition coefficient (Wildman–Crippen LogP) is 2.84. The van der Waals surface area contributed by atoms with Crippen LogP contribution in [0, 0.1) is 0 Å². The molecule has 0 bridgehead atoms. The van der Waals surface area contributed by atoms with E-state index in [0.717, 1.165) is 25.3 Å². The van der Waals surface area contributed by atoms with Gasteiger partial charge in [-0.25, -0.2) is 17.7 Å². The Balaban J connectivity index is 0.00000480. The Morgan fingerprint density at radius 1 is 1.23 bits per heavy atom. The van der Waals surface area contributed by atoms with Crippen molar-refractivity contribution >= 4 is 40.0 Å². The molecule has 10 heteroatoms. The number of guanidine groups is 1. The van der Waals surface area contributed by atoms with Crippen molar-refractivity contribution in [3.05, 3.63) is 24.3 Å². The van der Waals surface area contributed by atoms with Crippen molar-refractivity contribution < 1.29 is 17.9 Å². The molecule has 0 saturated carbocycles. The third-order valence-corrected chi connectivity index (χ3v) is 6.97. The van der Waals surface area contributed by atoms with Crippen LogP contribution in [0.4, 0.5) is 0 Å². The lowest BCUT2D eigenvalue weighted by molar-refractivity contribution is 0.219. The Bertz CT molecular complexity index is 783. The number of para-hydroxylation sites is 2. The molecule has 1 aliphatic heterocycles. The van der Waals surface area contributed by atoms with Crippen LogP contribution in [-0.4, -0.2) is 69.9 Å². The summed E-state index contributed by atoms with van der Waals surface area (Å²) in [4.78, 5) is 4.65. The van der Waals surface area contributed by atoms with Gasteiger partial charge in [-0.1, -0.05) is 19.1 Å². The molecule has 0 radical (unpaired) electrons. The minimum Gasteiger partial charge on any atom is -0.493 e. The van der Waals surface area contributed by atoms with Crippen LogP contribution in [0.3, 0.4) is 0 Å². The number of rotatable bonds is 10. The first-order chi connectivity index (χ1) is 14.4. The SMILES string of the molecule is CCCS(=O)(=O)N1CCC(NC(=NCC(C)Oc2ccccc2OC)NCC)CC1.I. The number of nitrogens with one attached hydrogen (secondary N) is 2. The molecule has 1 aromatic carbocycles. The van der Waals surface area contributed by atoms with E-state index in [2.05, 4.69) is 15.6 Å². The van der Waals surface area contributed by atoms with Crippen LogP contribution in [0.1, 0.15) is 40.0 Å². The van der Waals surface area contributed by atoms with Gasteiger partial charge in [-0.2, -0.15) is 0 Å². The first-order valence-electron chi connectivity index (χ1n) is 10.7. The molecule has 0 spiro atoms. The molecule has 1 aliphatic rings. The van der Waals surface area contributed by atoms with Crippen molar-refractivity contribution in [1.29, 1.82) is 0 Å². The maximum Gasteiger partial charge on any atom is 0.214 e. The van der Waals surface area contributed by atoms with Gasteiger partial charge in [0.2, 0.25) is 10.0 Å². The maximum absolute atomic E-state index is 12.2. The summed E-state index contributed by atoms with van der Waals surface area (Å²) in [5.41, 5.74) is 0. The van der Waals surface area contributed by atoms with Gasteiger partial charge >= 0.3 is 0 Å². The number of benzene rings is 1. The minimum atomic E-state index is -3.12. The monoisotopic (exact) mass is 568 g/mol. The first-order valence-corrected chi connectivity index (χ1v) is 12.3. The van der Waals surface area contributed by atoms with Gasteiger partial charge in [0.25, 0.3) is 0 Å². The molecule has 0 aromatic heterocycles. The van der Waals surface area contributed by atoms with E-state index in [4.69, 9.17) is 9.47 Å². The molecule has 1 saturated heterocycles. The highest BCUT2D eigenvalue weighted by Gasteiger charge is 2.27. The van der Waals surface area contributed by atoms with Crippen molar-refractivity contribution in [2.45, 2.75) is 52.2 Å². The highest BCUT2D eigenvalue weighted by Crippen LogP contribution is 2.26. The highest BCUT2D eigenvalue weighted by molar-refractivity contribution is 14.0. The summed E-state index contributed by atoms with van der Waals surface area (Å²) < 4.78 is 37.4. The topological polar surface area (TPSA) is 92.3 Å². The zero-order valence-electron chi connectivity index (χ0n) is 19.0. The summed E-state index contributed by atoms with van der Waals surface area (Å²) >= 11 is 0. The van der Waals surface area contributed by atoms with E-state index in [1.807, 2.05) is 45.0 Å². The second-order valence-electron chi connectivity index (χ2n) is 7.43. The molecule has 1 heterocycles. The predicted molar refractivity (Wildman–Crippen MR) is 136 cm³/mol. The number of methoxy groups -OCH3 is 1. The van der Waals surface area contributed by atoms with E-state index in [0.29, 0.717) is 37.6 Å². The molecule has 1 unspecified atom stereocenters. The molecule has 1 aromatic rings. The summed E-state index contributed by atoms with van der Waals surface area (Å²) in [6.07, 6.45) is 2.05. The van der Waals surface area contributed by atoms with Crippen molar-refractivity contribution in [2.24, 2.45) is 4.99 Å². The summed E-state index contributed by atoms with van der Waals surface area (Å²) in [5.74, 6) is 2.34. The first kappa shape index (κ1) is 27.8. The Labute approximate surface area is 204 Å². The number of sulfonamides is 1. The number of piperidine rings is 1. The molecule has 0 aliphatic carbocycles. The highest BCUT2D eigenvalue weighted by atomic mass is 127. The molecule has 1 fully saturated rings. The van der Waals surface area contributed by atoms with E-state index in [-0.39, 0.29) is 41.9 Å². The number of aliphatic imine (C=N–C) groups is 1. The van der Waals surface area contributed by atoms with E-state index >= 15 is 0 Å². The van der Waals surface area contributed by atoms with Crippen molar-refractivity contribution in [2.75, 3.05) is 39.0 Å². The molecule has 178 valence electrons. The average molecular weight is 569 g/mol. The lowest BCUT2D eigenvalue weighted by atomic mass is 10.1. The fourth-order valence-corrected chi connectivity index (χ4v) is 4.91. The maximum atomic E-state index is 12.2. The van der Waals surface area contributed by atoms with Crippen LogP contribution in [0.15, 0.2) is 29.3 Å². The second kappa shape index (κ2) is 14.0. The number of nitrogens with zero attached hydrogens (tertiary/aromatic N) is 2. The van der Waals surface area contributed by atoms with Gasteiger partial charge in [0.05, 0.1) is 19.4 Å². The van der Waals surface area contributed by atoms with Gasteiger partial charge < -0.3 is 20.1 Å². The minimum absolute atomic E-state index is 0. The van der Waals surface area contributed by atoms with Crippen LogP contribution in [0.2, 0.25) is 0 Å². The summed E-state index contributed by atoms with van der Waals surface area (Å²) in [6, 6.07) is 7.75. The molecule has 2 N–H and O–H groups in total. The zero-order valence-corrected chi connectivity index (χ0v) is 22.1. The van der Waals surface area contributed by atoms with Crippen molar-refractivity contribution in [3.63, 3.8) is 0 Å². The fourth-order valence-electron chi connectivity index (χ4n) is 3.37. The van der Waals surface area contributed by atoms with Gasteiger partial charge in [-0.05, 0) is 45.2 Å². The third-order valence-electron chi connectivity index (χ3n) is 4.90. The van der Waals surface area contributed by atoms with Gasteiger partial charge in [0.1, 0.15) is 6.10 Å². The van der Waals surface area contributed by atoms with Crippen LogP contribution in [0.5, 0.6) is 11.5 Å². The smallest absolute Gasteiger partial charge is 0.214 e. The van der Waals surface area contributed by atoms with Gasteiger partial charge in [0, 0.05) is 25.7 Å². The van der Waals surface area contributed by atoms with Crippen LogP contribution in [0.25, 0.3) is 0 Å². The summed E-state index contributed by atoms with van der Waals surface area (Å²) in [5, 5.41) is 6.70. The lowest BCUT2D eigenvalue weighted by Crippen LogP contribution is -2.50. The Kier molecular flexibility index (Phi) is 12.5.